The normalized spacial score (nSPS) is 12.3. The number of carbonyl (C=O) groups is 1. The van der Waals surface area contributed by atoms with E-state index in [0.717, 1.165) is 12.3 Å². The van der Waals surface area contributed by atoms with Gasteiger partial charge in [0.15, 0.2) is 11.6 Å². The molecule has 9 heteroatoms. The van der Waals surface area contributed by atoms with Crippen LogP contribution in [0.2, 0.25) is 0 Å². The van der Waals surface area contributed by atoms with Gasteiger partial charge < -0.3 is 20.1 Å². The van der Waals surface area contributed by atoms with E-state index in [9.17, 15) is 28.6 Å². The standard InChI is InChI=1S/C21H21F2N3O4/c1-11(2)17(10-27)26-9-15(21(29)30)18(28)14-7-16(23)19(25-20(14)26)24-8-12-3-5-13(22)6-4-12/h3-7,9,11,17,27H,8,10H2,1-2H3,(H,24,25)(H,29,30)/t17-/m1/s1. The first-order valence-corrected chi connectivity index (χ1v) is 9.30. The molecule has 30 heavy (non-hydrogen) atoms. The molecule has 7 nitrogen and oxygen atoms in total. The topological polar surface area (TPSA) is 104 Å². The summed E-state index contributed by atoms with van der Waals surface area (Å²) in [6.07, 6.45) is 1.13. The minimum absolute atomic E-state index is 0.0563. The van der Waals surface area contributed by atoms with Gasteiger partial charge in [0.25, 0.3) is 0 Å². The number of carboxylic acids is 1. The van der Waals surface area contributed by atoms with Crippen LogP contribution in [0.25, 0.3) is 11.0 Å². The number of halogens is 2. The Bertz CT molecular complexity index is 1140. The number of aromatic nitrogens is 2. The molecule has 158 valence electrons. The third-order valence-electron chi connectivity index (χ3n) is 4.88. The van der Waals surface area contributed by atoms with Gasteiger partial charge in [-0.3, -0.25) is 4.79 Å². The van der Waals surface area contributed by atoms with E-state index >= 15 is 0 Å². The molecule has 0 radical (unpaired) electrons. The zero-order valence-corrected chi connectivity index (χ0v) is 16.4. The predicted octanol–water partition coefficient (Wildman–Crippen LogP) is 3.17. The van der Waals surface area contributed by atoms with E-state index in [4.69, 9.17) is 0 Å². The molecule has 0 spiro atoms. The van der Waals surface area contributed by atoms with Crippen molar-refractivity contribution in [2.45, 2.75) is 26.4 Å². The van der Waals surface area contributed by atoms with Gasteiger partial charge in [-0.15, -0.1) is 0 Å². The zero-order valence-electron chi connectivity index (χ0n) is 16.4. The number of fused-ring (bicyclic) bond motifs is 1. The molecule has 1 aromatic carbocycles. The summed E-state index contributed by atoms with van der Waals surface area (Å²) in [5, 5.41) is 21.8. The summed E-state index contributed by atoms with van der Waals surface area (Å²) in [7, 11) is 0. The van der Waals surface area contributed by atoms with Crippen LogP contribution < -0.4 is 10.7 Å². The summed E-state index contributed by atoms with van der Waals surface area (Å²) in [4.78, 5) is 28.3. The van der Waals surface area contributed by atoms with Gasteiger partial charge in [-0.05, 0) is 29.7 Å². The number of aromatic carboxylic acids is 1. The minimum atomic E-state index is -1.45. The number of nitrogens with zero attached hydrogens (tertiary/aromatic N) is 2. The van der Waals surface area contributed by atoms with E-state index in [-0.39, 0.29) is 35.9 Å². The first-order valence-electron chi connectivity index (χ1n) is 9.30. The maximum Gasteiger partial charge on any atom is 0.341 e. The monoisotopic (exact) mass is 417 g/mol. The van der Waals surface area contributed by atoms with Gasteiger partial charge in [0.05, 0.1) is 18.0 Å². The third-order valence-corrected chi connectivity index (χ3v) is 4.88. The van der Waals surface area contributed by atoms with Crippen molar-refractivity contribution in [3.63, 3.8) is 0 Å². The fourth-order valence-electron chi connectivity index (χ4n) is 3.18. The number of benzene rings is 1. The highest BCUT2D eigenvalue weighted by Crippen LogP contribution is 2.25. The molecule has 0 fully saturated rings. The predicted molar refractivity (Wildman–Crippen MR) is 108 cm³/mol. The van der Waals surface area contributed by atoms with E-state index in [0.29, 0.717) is 5.56 Å². The van der Waals surface area contributed by atoms with Crippen molar-refractivity contribution in [2.24, 2.45) is 5.92 Å². The molecule has 0 saturated carbocycles. The van der Waals surface area contributed by atoms with Crippen LogP contribution >= 0.6 is 0 Å². The van der Waals surface area contributed by atoms with Crippen molar-refractivity contribution in [1.29, 1.82) is 0 Å². The molecule has 2 aromatic heterocycles. The van der Waals surface area contributed by atoms with E-state index in [1.54, 1.807) is 0 Å². The van der Waals surface area contributed by atoms with Crippen molar-refractivity contribution in [3.8, 4) is 0 Å². The largest absolute Gasteiger partial charge is 0.477 e. The number of hydrogen-bond donors (Lipinski definition) is 3. The number of nitrogens with one attached hydrogen (secondary N) is 1. The zero-order chi connectivity index (χ0) is 22.0. The number of pyridine rings is 2. The van der Waals surface area contributed by atoms with Crippen LogP contribution in [0.1, 0.15) is 35.8 Å². The Morgan fingerprint density at radius 3 is 2.47 bits per heavy atom. The molecule has 2 heterocycles. The fourth-order valence-corrected chi connectivity index (χ4v) is 3.18. The number of rotatable bonds is 7. The number of hydrogen-bond acceptors (Lipinski definition) is 5. The summed E-state index contributed by atoms with van der Waals surface area (Å²) in [5.41, 5.74) is -0.645. The molecule has 0 amide bonds. The van der Waals surface area contributed by atoms with Gasteiger partial charge in [0, 0.05) is 12.7 Å². The van der Waals surface area contributed by atoms with Crippen molar-refractivity contribution in [2.75, 3.05) is 11.9 Å². The quantitative estimate of drug-likeness (QED) is 0.546. The van der Waals surface area contributed by atoms with Crippen molar-refractivity contribution < 1.29 is 23.8 Å². The molecule has 0 unspecified atom stereocenters. The van der Waals surface area contributed by atoms with E-state index < -0.39 is 34.6 Å². The van der Waals surface area contributed by atoms with Gasteiger partial charge in [0.2, 0.25) is 5.43 Å². The summed E-state index contributed by atoms with van der Waals surface area (Å²) < 4.78 is 29.1. The van der Waals surface area contributed by atoms with Crippen LogP contribution in [0.4, 0.5) is 14.6 Å². The Morgan fingerprint density at radius 1 is 1.23 bits per heavy atom. The molecule has 0 aliphatic rings. The highest BCUT2D eigenvalue weighted by molar-refractivity contribution is 5.92. The van der Waals surface area contributed by atoms with E-state index in [2.05, 4.69) is 10.3 Å². The van der Waals surface area contributed by atoms with Crippen LogP contribution in [-0.4, -0.2) is 32.3 Å². The van der Waals surface area contributed by atoms with Crippen molar-refractivity contribution in [1.82, 2.24) is 9.55 Å². The van der Waals surface area contributed by atoms with Gasteiger partial charge >= 0.3 is 5.97 Å². The maximum atomic E-state index is 14.6. The molecule has 3 N–H and O–H groups in total. The lowest BCUT2D eigenvalue weighted by Crippen LogP contribution is -2.26. The van der Waals surface area contributed by atoms with Crippen molar-refractivity contribution in [3.05, 3.63) is 69.5 Å². The number of anilines is 1. The Hall–Kier alpha value is -3.33. The summed E-state index contributed by atoms with van der Waals surface area (Å²) in [5.74, 6) is -2.94. The molecule has 0 aliphatic heterocycles. The smallest absolute Gasteiger partial charge is 0.341 e. The second kappa shape index (κ2) is 8.58. The first-order chi connectivity index (χ1) is 14.2. The molecule has 0 saturated heterocycles. The molecule has 3 aromatic rings. The van der Waals surface area contributed by atoms with Gasteiger partial charge in [-0.2, -0.15) is 0 Å². The highest BCUT2D eigenvalue weighted by Gasteiger charge is 2.23. The second-order valence-electron chi connectivity index (χ2n) is 7.25. The lowest BCUT2D eigenvalue weighted by atomic mass is 10.0. The molecule has 0 bridgehead atoms. The Balaban J connectivity index is 2.14. The Morgan fingerprint density at radius 2 is 1.90 bits per heavy atom. The fraction of sp³-hybridized carbons (Fsp3) is 0.286. The molecule has 3 rings (SSSR count). The third kappa shape index (κ3) is 4.16. The lowest BCUT2D eigenvalue weighted by molar-refractivity contribution is 0.0694. The highest BCUT2D eigenvalue weighted by atomic mass is 19.1. The summed E-state index contributed by atoms with van der Waals surface area (Å²) in [6, 6.07) is 6.00. The Labute approximate surface area is 170 Å². The second-order valence-corrected chi connectivity index (χ2v) is 7.25. The molecule has 1 atom stereocenters. The van der Waals surface area contributed by atoms with E-state index in [1.807, 2.05) is 13.8 Å². The summed E-state index contributed by atoms with van der Waals surface area (Å²) in [6.45, 7) is 3.47. The van der Waals surface area contributed by atoms with Crippen LogP contribution in [0.5, 0.6) is 0 Å². The number of carboxylic acid groups (broad SMARTS) is 1. The van der Waals surface area contributed by atoms with Gasteiger partial charge in [-0.25, -0.2) is 18.6 Å². The lowest BCUT2D eigenvalue weighted by Gasteiger charge is -2.24. The van der Waals surface area contributed by atoms with Crippen LogP contribution in [0.3, 0.4) is 0 Å². The van der Waals surface area contributed by atoms with Crippen LogP contribution in [-0.2, 0) is 6.54 Å². The van der Waals surface area contributed by atoms with E-state index in [1.165, 1.54) is 28.8 Å². The number of aliphatic hydroxyl groups is 1. The molecular formula is C21H21F2N3O4. The average Bonchev–Trinajstić information content (AvgIpc) is 2.69. The Kier molecular flexibility index (Phi) is 6.12. The van der Waals surface area contributed by atoms with Crippen LogP contribution in [0.15, 0.2) is 41.3 Å². The van der Waals surface area contributed by atoms with Crippen LogP contribution in [0, 0.1) is 17.6 Å². The molecular weight excluding hydrogens is 396 g/mol. The maximum absolute atomic E-state index is 14.6. The van der Waals surface area contributed by atoms with Crippen molar-refractivity contribution >= 4 is 22.8 Å². The number of aliphatic hydroxyl groups excluding tert-OH is 1. The molecule has 0 aliphatic carbocycles. The van der Waals surface area contributed by atoms with Gasteiger partial charge in [-0.1, -0.05) is 26.0 Å². The SMILES string of the molecule is CC(C)[C@@H](CO)n1cc(C(=O)O)c(=O)c2cc(F)c(NCc3ccc(F)cc3)nc21. The summed E-state index contributed by atoms with van der Waals surface area (Å²) >= 11 is 0. The minimum Gasteiger partial charge on any atom is -0.477 e. The van der Waals surface area contributed by atoms with Gasteiger partial charge in [0.1, 0.15) is 17.0 Å². The first kappa shape index (κ1) is 21.4. The average molecular weight is 417 g/mol.